The second kappa shape index (κ2) is 3.43. The molecule has 4 heteroatoms. The number of rotatable bonds is 2. The van der Waals surface area contributed by atoms with E-state index in [0.29, 0.717) is 11.2 Å². The predicted octanol–water partition coefficient (Wildman–Crippen LogP) is 0.674. The average molecular weight is 156 g/mol. The van der Waals surface area contributed by atoms with Gasteiger partial charge in [-0.2, -0.15) is 0 Å². The Balaban J connectivity index is 2.85. The van der Waals surface area contributed by atoms with E-state index in [1.807, 2.05) is 0 Å². The highest BCUT2D eigenvalue weighted by Crippen LogP contribution is 1.91. The lowest BCUT2D eigenvalue weighted by atomic mass is 10.3. The minimum atomic E-state index is 0.134. The summed E-state index contributed by atoms with van der Waals surface area (Å²) in [5, 5.41) is 8.54. The molecule has 0 saturated carbocycles. The Morgan fingerprint density at radius 2 is 2.50 bits per heavy atom. The van der Waals surface area contributed by atoms with Gasteiger partial charge in [-0.15, -0.1) is 0 Å². The molecule has 1 aromatic rings. The van der Waals surface area contributed by atoms with E-state index in [0.717, 1.165) is 5.69 Å². The summed E-state index contributed by atoms with van der Waals surface area (Å²) in [5.74, 6) is 0. The highest BCUT2D eigenvalue weighted by Gasteiger charge is 1.88. The number of aliphatic hydroxyl groups is 1. The number of aromatic nitrogens is 2. The van der Waals surface area contributed by atoms with Gasteiger partial charge in [-0.1, -0.05) is 0 Å². The Hall–Kier alpha value is -0.740. The molecule has 0 bridgehead atoms. The number of nitrogens with one attached hydrogen (secondary N) is 1. The summed E-state index contributed by atoms with van der Waals surface area (Å²) in [6, 6.07) is 1.80. The van der Waals surface area contributed by atoms with Crippen LogP contribution >= 0.6 is 12.2 Å². The molecular formula is C6H8N2OS. The van der Waals surface area contributed by atoms with E-state index < -0.39 is 0 Å². The maximum absolute atomic E-state index is 8.54. The van der Waals surface area contributed by atoms with Gasteiger partial charge in [0.05, 0.1) is 0 Å². The summed E-state index contributed by atoms with van der Waals surface area (Å²) in [4.78, 5) is 6.65. The van der Waals surface area contributed by atoms with Gasteiger partial charge in [0, 0.05) is 24.9 Å². The van der Waals surface area contributed by atoms with E-state index in [2.05, 4.69) is 9.97 Å². The van der Waals surface area contributed by atoms with Crippen molar-refractivity contribution >= 4 is 12.2 Å². The zero-order valence-electron chi connectivity index (χ0n) is 5.37. The van der Waals surface area contributed by atoms with E-state index in [4.69, 9.17) is 17.3 Å². The molecule has 0 saturated heterocycles. The number of hydrogen-bond acceptors (Lipinski definition) is 3. The zero-order valence-corrected chi connectivity index (χ0v) is 6.19. The summed E-state index contributed by atoms with van der Waals surface area (Å²) < 4.78 is 0.464. The first kappa shape index (κ1) is 7.37. The molecule has 54 valence electrons. The summed E-state index contributed by atoms with van der Waals surface area (Å²) in [5.41, 5.74) is 0.919. The molecule has 0 aliphatic carbocycles. The lowest BCUT2D eigenvalue weighted by Crippen LogP contribution is -1.94. The Labute approximate surface area is 63.8 Å². The number of hydrogen-bond donors (Lipinski definition) is 2. The molecule has 0 spiro atoms. The van der Waals surface area contributed by atoms with Crippen molar-refractivity contribution in [3.8, 4) is 0 Å². The molecule has 2 N–H and O–H groups in total. The van der Waals surface area contributed by atoms with Crippen LogP contribution < -0.4 is 0 Å². The molecule has 1 rings (SSSR count). The van der Waals surface area contributed by atoms with Crippen LogP contribution in [0.2, 0.25) is 0 Å². The first-order valence-electron chi connectivity index (χ1n) is 2.98. The first-order valence-corrected chi connectivity index (χ1v) is 3.39. The quantitative estimate of drug-likeness (QED) is 0.619. The fraction of sp³-hybridized carbons (Fsp3) is 0.333. The molecule has 0 aromatic carbocycles. The lowest BCUT2D eigenvalue weighted by Gasteiger charge is -1.94. The van der Waals surface area contributed by atoms with Crippen LogP contribution in [-0.4, -0.2) is 21.7 Å². The third kappa shape index (κ3) is 1.89. The maximum Gasteiger partial charge on any atom is 0.196 e. The maximum atomic E-state index is 8.54. The highest BCUT2D eigenvalue weighted by molar-refractivity contribution is 7.71. The fourth-order valence-corrected chi connectivity index (χ4v) is 0.864. The van der Waals surface area contributed by atoms with Gasteiger partial charge in [-0.25, -0.2) is 4.98 Å². The van der Waals surface area contributed by atoms with Gasteiger partial charge in [0.15, 0.2) is 4.77 Å². The lowest BCUT2D eigenvalue weighted by molar-refractivity contribution is 0.298. The van der Waals surface area contributed by atoms with Crippen LogP contribution in [0.15, 0.2) is 12.3 Å². The third-order valence-corrected chi connectivity index (χ3v) is 1.32. The van der Waals surface area contributed by atoms with E-state index >= 15 is 0 Å². The average Bonchev–Trinajstić information content (AvgIpc) is 1.88. The van der Waals surface area contributed by atoms with Gasteiger partial charge in [-0.3, -0.25) is 0 Å². The summed E-state index contributed by atoms with van der Waals surface area (Å²) in [7, 11) is 0. The summed E-state index contributed by atoms with van der Waals surface area (Å²) in [6.07, 6.45) is 2.23. The molecule has 3 nitrogen and oxygen atoms in total. The van der Waals surface area contributed by atoms with Crippen molar-refractivity contribution in [2.75, 3.05) is 6.61 Å². The van der Waals surface area contributed by atoms with Crippen molar-refractivity contribution in [1.29, 1.82) is 0 Å². The van der Waals surface area contributed by atoms with Gasteiger partial charge in [-0.05, 0) is 18.3 Å². The molecule has 0 aliphatic rings. The molecule has 10 heavy (non-hydrogen) atoms. The standard InChI is InChI=1S/C6H8N2OS/c9-4-2-5-1-3-7-6(10)8-5/h1,3,9H,2,4H2,(H,7,8,10). The van der Waals surface area contributed by atoms with E-state index in [1.165, 1.54) is 0 Å². The first-order chi connectivity index (χ1) is 4.83. The monoisotopic (exact) mass is 156 g/mol. The number of aromatic amines is 1. The van der Waals surface area contributed by atoms with Crippen LogP contribution in [0.1, 0.15) is 5.69 Å². The Morgan fingerprint density at radius 1 is 1.70 bits per heavy atom. The van der Waals surface area contributed by atoms with Crippen molar-refractivity contribution in [3.05, 3.63) is 22.7 Å². The van der Waals surface area contributed by atoms with Crippen LogP contribution in [0.3, 0.4) is 0 Å². The molecule has 0 unspecified atom stereocenters. The van der Waals surface area contributed by atoms with Crippen LogP contribution in [0.4, 0.5) is 0 Å². The van der Waals surface area contributed by atoms with Gasteiger partial charge in [0.25, 0.3) is 0 Å². The minimum absolute atomic E-state index is 0.134. The predicted molar refractivity (Wildman–Crippen MR) is 40.2 cm³/mol. The SMILES string of the molecule is OCCc1ccnc(=S)[nH]1. The normalized spacial score (nSPS) is 9.70. The van der Waals surface area contributed by atoms with Crippen molar-refractivity contribution in [3.63, 3.8) is 0 Å². The fourth-order valence-electron chi connectivity index (χ4n) is 0.673. The van der Waals surface area contributed by atoms with E-state index in [-0.39, 0.29) is 6.61 Å². The van der Waals surface area contributed by atoms with Crippen LogP contribution in [0, 0.1) is 4.77 Å². The number of nitrogens with zero attached hydrogens (tertiary/aromatic N) is 1. The zero-order chi connectivity index (χ0) is 7.40. The van der Waals surface area contributed by atoms with Gasteiger partial charge >= 0.3 is 0 Å². The van der Waals surface area contributed by atoms with Crippen LogP contribution in [0.5, 0.6) is 0 Å². The second-order valence-corrected chi connectivity index (χ2v) is 2.26. The third-order valence-electron chi connectivity index (χ3n) is 1.12. The smallest absolute Gasteiger partial charge is 0.196 e. The molecule has 0 fully saturated rings. The summed E-state index contributed by atoms with van der Waals surface area (Å²) >= 11 is 4.77. The highest BCUT2D eigenvalue weighted by atomic mass is 32.1. The topological polar surface area (TPSA) is 48.9 Å². The molecule has 0 radical (unpaired) electrons. The molecule has 0 atom stereocenters. The summed E-state index contributed by atoms with van der Waals surface area (Å²) in [6.45, 7) is 0.134. The van der Waals surface area contributed by atoms with Crippen molar-refractivity contribution in [1.82, 2.24) is 9.97 Å². The van der Waals surface area contributed by atoms with Crippen molar-refractivity contribution < 1.29 is 5.11 Å². The van der Waals surface area contributed by atoms with Gasteiger partial charge < -0.3 is 10.1 Å². The Bertz CT molecular complexity index is 258. The Morgan fingerprint density at radius 3 is 3.10 bits per heavy atom. The van der Waals surface area contributed by atoms with Gasteiger partial charge in [0.2, 0.25) is 0 Å². The van der Waals surface area contributed by atoms with Crippen LogP contribution in [0.25, 0.3) is 0 Å². The van der Waals surface area contributed by atoms with Crippen LogP contribution in [-0.2, 0) is 6.42 Å². The van der Waals surface area contributed by atoms with Crippen molar-refractivity contribution in [2.45, 2.75) is 6.42 Å². The molecule has 0 aliphatic heterocycles. The minimum Gasteiger partial charge on any atom is -0.396 e. The molecule has 0 amide bonds. The molecule has 1 heterocycles. The van der Waals surface area contributed by atoms with E-state index in [9.17, 15) is 0 Å². The van der Waals surface area contributed by atoms with E-state index in [1.54, 1.807) is 12.3 Å². The number of aliphatic hydroxyl groups excluding tert-OH is 1. The molecule has 1 aromatic heterocycles. The van der Waals surface area contributed by atoms with Gasteiger partial charge in [0.1, 0.15) is 0 Å². The van der Waals surface area contributed by atoms with Crippen molar-refractivity contribution in [2.24, 2.45) is 0 Å². The second-order valence-electron chi connectivity index (χ2n) is 1.87. The largest absolute Gasteiger partial charge is 0.396 e. The number of H-pyrrole nitrogens is 1. The Kier molecular flexibility index (Phi) is 2.53. The molecular weight excluding hydrogens is 148 g/mol.